The average molecular weight is 431 g/mol. The van der Waals surface area contributed by atoms with Crippen molar-refractivity contribution in [2.75, 3.05) is 11.8 Å². The lowest BCUT2D eigenvalue weighted by Crippen LogP contribution is -2.23. The fourth-order valence-corrected chi connectivity index (χ4v) is 3.92. The third-order valence-electron chi connectivity index (χ3n) is 4.13. The molecule has 0 saturated heterocycles. The minimum Gasteiger partial charge on any atom is -0.497 e. The Morgan fingerprint density at radius 3 is 2.31 bits per heavy atom. The maximum Gasteiger partial charge on any atom is 0.261 e. The standard InChI is InChI=1S/C21H19ClN2O4S/c1-28-17-8-10-18(11-9-17)29(26,27)24-16-7-12-19(20(22)13-16)21(25)23-14-15-5-3-2-4-6-15/h2-13,24H,14H2,1H3,(H,23,25). The van der Waals surface area contributed by atoms with Crippen LogP contribution in [0, 0.1) is 0 Å². The van der Waals surface area contributed by atoms with Crippen LogP contribution in [0.1, 0.15) is 15.9 Å². The monoisotopic (exact) mass is 430 g/mol. The van der Waals surface area contributed by atoms with E-state index in [1.165, 1.54) is 37.4 Å². The molecule has 0 aliphatic rings. The summed E-state index contributed by atoms with van der Waals surface area (Å²) in [5.74, 6) is 0.210. The molecule has 0 aromatic heterocycles. The largest absolute Gasteiger partial charge is 0.497 e. The topological polar surface area (TPSA) is 84.5 Å². The highest BCUT2D eigenvalue weighted by Crippen LogP contribution is 2.24. The Kier molecular flexibility index (Phi) is 6.41. The maximum absolute atomic E-state index is 12.5. The summed E-state index contributed by atoms with van der Waals surface area (Å²) < 4.78 is 32.5. The molecule has 3 aromatic carbocycles. The predicted molar refractivity (Wildman–Crippen MR) is 113 cm³/mol. The molecule has 2 N–H and O–H groups in total. The zero-order valence-corrected chi connectivity index (χ0v) is 17.1. The molecule has 3 aromatic rings. The highest BCUT2D eigenvalue weighted by Gasteiger charge is 2.16. The summed E-state index contributed by atoms with van der Waals surface area (Å²) in [5, 5.41) is 2.93. The highest BCUT2D eigenvalue weighted by atomic mass is 35.5. The molecule has 0 aliphatic carbocycles. The van der Waals surface area contributed by atoms with Crippen molar-refractivity contribution >= 4 is 33.2 Å². The number of anilines is 1. The van der Waals surface area contributed by atoms with Gasteiger partial charge in [0.15, 0.2) is 0 Å². The Labute approximate surface area is 174 Å². The number of amides is 1. The summed E-state index contributed by atoms with van der Waals surface area (Å²) in [6, 6.07) is 19.8. The van der Waals surface area contributed by atoms with Gasteiger partial charge in [-0.15, -0.1) is 0 Å². The van der Waals surface area contributed by atoms with Crippen LogP contribution in [0.15, 0.2) is 77.7 Å². The van der Waals surface area contributed by atoms with Gasteiger partial charge in [0.25, 0.3) is 15.9 Å². The number of rotatable bonds is 7. The van der Waals surface area contributed by atoms with Crippen molar-refractivity contribution in [2.24, 2.45) is 0 Å². The fourth-order valence-electron chi connectivity index (χ4n) is 2.61. The van der Waals surface area contributed by atoms with Crippen LogP contribution in [0.2, 0.25) is 5.02 Å². The molecule has 0 radical (unpaired) electrons. The van der Waals surface area contributed by atoms with Crippen LogP contribution < -0.4 is 14.8 Å². The van der Waals surface area contributed by atoms with E-state index in [9.17, 15) is 13.2 Å². The molecular weight excluding hydrogens is 412 g/mol. The number of ether oxygens (including phenoxy) is 1. The van der Waals surface area contributed by atoms with Crippen molar-refractivity contribution in [1.82, 2.24) is 5.32 Å². The van der Waals surface area contributed by atoms with Gasteiger partial charge in [0.05, 0.1) is 28.3 Å². The first-order valence-electron chi connectivity index (χ1n) is 8.67. The predicted octanol–water partition coefficient (Wildman–Crippen LogP) is 4.08. The van der Waals surface area contributed by atoms with Gasteiger partial charge in [0, 0.05) is 6.54 Å². The summed E-state index contributed by atoms with van der Waals surface area (Å²) in [6.07, 6.45) is 0. The highest BCUT2D eigenvalue weighted by molar-refractivity contribution is 7.92. The molecule has 29 heavy (non-hydrogen) atoms. The summed E-state index contributed by atoms with van der Waals surface area (Å²) in [7, 11) is -2.30. The van der Waals surface area contributed by atoms with E-state index in [4.69, 9.17) is 16.3 Å². The third-order valence-corrected chi connectivity index (χ3v) is 5.84. The molecule has 8 heteroatoms. The van der Waals surface area contributed by atoms with Crippen LogP contribution >= 0.6 is 11.6 Å². The first-order chi connectivity index (χ1) is 13.9. The van der Waals surface area contributed by atoms with E-state index in [-0.39, 0.29) is 27.1 Å². The second kappa shape index (κ2) is 8.98. The molecule has 3 rings (SSSR count). The van der Waals surface area contributed by atoms with Crippen LogP contribution in [0.3, 0.4) is 0 Å². The van der Waals surface area contributed by atoms with E-state index < -0.39 is 10.0 Å². The first-order valence-corrected chi connectivity index (χ1v) is 10.5. The molecule has 0 fully saturated rings. The molecule has 0 bridgehead atoms. The van der Waals surface area contributed by atoms with Crippen LogP contribution in [0.4, 0.5) is 5.69 Å². The number of hydrogen-bond acceptors (Lipinski definition) is 4. The molecule has 1 amide bonds. The van der Waals surface area contributed by atoms with Gasteiger partial charge < -0.3 is 10.1 Å². The second-order valence-corrected chi connectivity index (χ2v) is 8.23. The third kappa shape index (κ3) is 5.28. The Hall–Kier alpha value is -3.03. The Morgan fingerprint density at radius 2 is 1.69 bits per heavy atom. The van der Waals surface area contributed by atoms with E-state index in [0.29, 0.717) is 12.3 Å². The van der Waals surface area contributed by atoms with Crippen LogP contribution in [-0.4, -0.2) is 21.4 Å². The maximum atomic E-state index is 12.5. The molecule has 0 heterocycles. The van der Waals surface area contributed by atoms with Gasteiger partial charge in [0.1, 0.15) is 5.75 Å². The molecular formula is C21H19ClN2O4S. The summed E-state index contributed by atoms with van der Waals surface area (Å²) in [5.41, 5.74) is 1.47. The van der Waals surface area contributed by atoms with Crippen molar-refractivity contribution in [3.8, 4) is 5.75 Å². The fraction of sp³-hybridized carbons (Fsp3) is 0.0952. The lowest BCUT2D eigenvalue weighted by molar-refractivity contribution is 0.0951. The number of halogens is 1. The van der Waals surface area contributed by atoms with Gasteiger partial charge >= 0.3 is 0 Å². The lowest BCUT2D eigenvalue weighted by atomic mass is 10.2. The zero-order valence-electron chi connectivity index (χ0n) is 15.6. The van der Waals surface area contributed by atoms with Gasteiger partial charge in [-0.25, -0.2) is 8.42 Å². The Bertz CT molecular complexity index is 1100. The summed E-state index contributed by atoms with van der Waals surface area (Å²) in [6.45, 7) is 0.363. The van der Waals surface area contributed by atoms with Gasteiger partial charge in [-0.1, -0.05) is 41.9 Å². The van der Waals surface area contributed by atoms with Crippen LogP contribution in [-0.2, 0) is 16.6 Å². The second-order valence-electron chi connectivity index (χ2n) is 6.14. The molecule has 0 unspecified atom stereocenters. The smallest absolute Gasteiger partial charge is 0.261 e. The normalized spacial score (nSPS) is 11.0. The zero-order chi connectivity index (χ0) is 20.9. The molecule has 150 valence electrons. The summed E-state index contributed by atoms with van der Waals surface area (Å²) >= 11 is 6.21. The van der Waals surface area contributed by atoms with E-state index in [1.807, 2.05) is 30.3 Å². The van der Waals surface area contributed by atoms with Crippen molar-refractivity contribution < 1.29 is 17.9 Å². The van der Waals surface area contributed by atoms with Crippen molar-refractivity contribution in [3.63, 3.8) is 0 Å². The van der Waals surface area contributed by atoms with Gasteiger partial charge in [-0.05, 0) is 48.0 Å². The summed E-state index contributed by atoms with van der Waals surface area (Å²) in [4.78, 5) is 12.5. The number of benzene rings is 3. The number of hydrogen-bond donors (Lipinski definition) is 2. The van der Waals surface area contributed by atoms with Crippen molar-refractivity contribution in [1.29, 1.82) is 0 Å². The van der Waals surface area contributed by atoms with Gasteiger partial charge in [-0.2, -0.15) is 0 Å². The number of sulfonamides is 1. The SMILES string of the molecule is COc1ccc(S(=O)(=O)Nc2ccc(C(=O)NCc3ccccc3)c(Cl)c2)cc1. The first kappa shape index (κ1) is 20.7. The van der Waals surface area contributed by atoms with Crippen molar-refractivity contribution in [3.05, 3.63) is 88.9 Å². The average Bonchev–Trinajstić information content (AvgIpc) is 2.72. The van der Waals surface area contributed by atoms with Gasteiger partial charge in [0.2, 0.25) is 0 Å². The van der Waals surface area contributed by atoms with E-state index >= 15 is 0 Å². The minimum absolute atomic E-state index is 0.0825. The Balaban J connectivity index is 1.70. The van der Waals surface area contributed by atoms with Gasteiger partial charge in [-0.3, -0.25) is 9.52 Å². The van der Waals surface area contributed by atoms with Crippen LogP contribution in [0.25, 0.3) is 0 Å². The molecule has 0 atom stereocenters. The minimum atomic E-state index is -3.80. The number of carbonyl (C=O) groups is 1. The number of methoxy groups -OCH3 is 1. The lowest BCUT2D eigenvalue weighted by Gasteiger charge is -2.11. The molecule has 6 nitrogen and oxygen atoms in total. The van der Waals surface area contributed by atoms with E-state index in [1.54, 1.807) is 12.1 Å². The molecule has 0 saturated carbocycles. The quantitative estimate of drug-likeness (QED) is 0.591. The van der Waals surface area contributed by atoms with E-state index in [0.717, 1.165) is 5.56 Å². The Morgan fingerprint density at radius 1 is 1.00 bits per heavy atom. The van der Waals surface area contributed by atoms with Crippen molar-refractivity contribution in [2.45, 2.75) is 11.4 Å². The van der Waals surface area contributed by atoms with E-state index in [2.05, 4.69) is 10.0 Å². The number of carbonyl (C=O) groups excluding carboxylic acids is 1. The molecule has 0 aliphatic heterocycles. The number of nitrogens with one attached hydrogen (secondary N) is 2. The van der Waals surface area contributed by atoms with Crippen LogP contribution in [0.5, 0.6) is 5.75 Å². The molecule has 0 spiro atoms.